The van der Waals surface area contributed by atoms with E-state index in [2.05, 4.69) is 51.4 Å². The standard InChI is InChI=1S/C16H18BrClN2/c1-2-19-16(9-12-3-6-14(18)7-4-12)10-15-8-5-13(17)11-20-15/h3-8,11,16,19H,2,9-10H2,1H3. The Balaban J connectivity index is 2.02. The van der Waals surface area contributed by atoms with Crippen LogP contribution in [0.2, 0.25) is 5.02 Å². The van der Waals surface area contributed by atoms with Crippen LogP contribution in [0.1, 0.15) is 18.2 Å². The Morgan fingerprint density at radius 3 is 2.50 bits per heavy atom. The molecule has 0 spiro atoms. The fraction of sp³-hybridized carbons (Fsp3) is 0.312. The lowest BCUT2D eigenvalue weighted by molar-refractivity contribution is 0.516. The Kier molecular flexibility index (Phi) is 6.02. The molecule has 1 heterocycles. The van der Waals surface area contributed by atoms with E-state index in [-0.39, 0.29) is 0 Å². The van der Waals surface area contributed by atoms with E-state index in [0.717, 1.165) is 34.6 Å². The second kappa shape index (κ2) is 7.77. The van der Waals surface area contributed by atoms with Crippen molar-refractivity contribution in [3.8, 4) is 0 Å². The molecule has 0 bridgehead atoms. The number of aromatic nitrogens is 1. The van der Waals surface area contributed by atoms with Crippen molar-refractivity contribution in [1.29, 1.82) is 0 Å². The number of hydrogen-bond donors (Lipinski definition) is 1. The first kappa shape index (κ1) is 15.5. The molecule has 4 heteroatoms. The molecular formula is C16H18BrClN2. The molecule has 0 saturated carbocycles. The zero-order valence-corrected chi connectivity index (χ0v) is 13.8. The Hall–Kier alpha value is -0.900. The minimum atomic E-state index is 0.384. The summed E-state index contributed by atoms with van der Waals surface area (Å²) in [6, 6.07) is 12.5. The van der Waals surface area contributed by atoms with Crippen LogP contribution in [0, 0.1) is 0 Å². The Bertz CT molecular complexity index is 478. The van der Waals surface area contributed by atoms with Gasteiger partial charge in [0, 0.05) is 33.8 Å². The molecular weight excluding hydrogens is 336 g/mol. The summed E-state index contributed by atoms with van der Waals surface area (Å²) in [5, 5.41) is 4.30. The zero-order valence-electron chi connectivity index (χ0n) is 11.4. The average molecular weight is 354 g/mol. The van der Waals surface area contributed by atoms with Gasteiger partial charge in [-0.1, -0.05) is 30.7 Å². The number of rotatable bonds is 6. The molecule has 1 N–H and O–H groups in total. The molecule has 0 saturated heterocycles. The third-order valence-electron chi connectivity index (χ3n) is 3.13. The maximum atomic E-state index is 5.92. The molecule has 2 nitrogen and oxygen atoms in total. The Morgan fingerprint density at radius 1 is 1.15 bits per heavy atom. The number of pyridine rings is 1. The molecule has 0 radical (unpaired) electrons. The number of halogens is 2. The average Bonchev–Trinajstić information content (AvgIpc) is 2.44. The molecule has 0 aliphatic carbocycles. The summed E-state index contributed by atoms with van der Waals surface area (Å²) in [4.78, 5) is 4.45. The van der Waals surface area contributed by atoms with Gasteiger partial charge >= 0.3 is 0 Å². The third-order valence-corrected chi connectivity index (χ3v) is 3.85. The smallest absolute Gasteiger partial charge is 0.0420 e. The van der Waals surface area contributed by atoms with Gasteiger partial charge in [-0.25, -0.2) is 0 Å². The molecule has 2 aromatic rings. The quantitative estimate of drug-likeness (QED) is 0.839. The molecule has 1 atom stereocenters. The lowest BCUT2D eigenvalue weighted by atomic mass is 10.0. The summed E-state index contributed by atoms with van der Waals surface area (Å²) in [6.45, 7) is 3.08. The lowest BCUT2D eigenvalue weighted by Crippen LogP contribution is -2.33. The van der Waals surface area contributed by atoms with Crippen LogP contribution in [0.15, 0.2) is 47.1 Å². The first-order valence-electron chi connectivity index (χ1n) is 6.75. The van der Waals surface area contributed by atoms with Crippen LogP contribution in [-0.4, -0.2) is 17.6 Å². The number of likely N-dealkylation sites (N-methyl/N-ethyl adjacent to an activating group) is 1. The number of nitrogens with one attached hydrogen (secondary N) is 1. The highest BCUT2D eigenvalue weighted by Gasteiger charge is 2.10. The van der Waals surface area contributed by atoms with Crippen LogP contribution in [0.3, 0.4) is 0 Å². The van der Waals surface area contributed by atoms with E-state index in [1.807, 2.05) is 24.4 Å². The first-order chi connectivity index (χ1) is 9.67. The van der Waals surface area contributed by atoms with Crippen molar-refractivity contribution >= 4 is 27.5 Å². The largest absolute Gasteiger partial charge is 0.314 e. The highest BCUT2D eigenvalue weighted by Crippen LogP contribution is 2.14. The molecule has 0 amide bonds. The minimum absolute atomic E-state index is 0.384. The molecule has 0 aliphatic rings. The minimum Gasteiger partial charge on any atom is -0.314 e. The predicted molar refractivity (Wildman–Crippen MR) is 88.3 cm³/mol. The maximum Gasteiger partial charge on any atom is 0.0420 e. The van der Waals surface area contributed by atoms with Gasteiger partial charge in [-0.15, -0.1) is 0 Å². The maximum absolute atomic E-state index is 5.92. The number of hydrogen-bond acceptors (Lipinski definition) is 2. The van der Waals surface area contributed by atoms with Crippen LogP contribution in [0.25, 0.3) is 0 Å². The van der Waals surface area contributed by atoms with E-state index >= 15 is 0 Å². The van der Waals surface area contributed by atoms with Gasteiger partial charge in [0.15, 0.2) is 0 Å². The van der Waals surface area contributed by atoms with Gasteiger partial charge in [0.1, 0.15) is 0 Å². The molecule has 1 aromatic heterocycles. The van der Waals surface area contributed by atoms with Crippen LogP contribution in [0.4, 0.5) is 0 Å². The van der Waals surface area contributed by atoms with Gasteiger partial charge in [0.2, 0.25) is 0 Å². The summed E-state index contributed by atoms with van der Waals surface area (Å²) < 4.78 is 1.01. The lowest BCUT2D eigenvalue weighted by Gasteiger charge is -2.17. The van der Waals surface area contributed by atoms with Crippen molar-refractivity contribution in [3.63, 3.8) is 0 Å². The SMILES string of the molecule is CCNC(Cc1ccc(Cl)cc1)Cc1ccc(Br)cn1. The zero-order chi connectivity index (χ0) is 14.4. The van der Waals surface area contributed by atoms with Crippen LogP contribution in [-0.2, 0) is 12.8 Å². The summed E-state index contributed by atoms with van der Waals surface area (Å²) in [6.07, 6.45) is 3.74. The highest BCUT2D eigenvalue weighted by molar-refractivity contribution is 9.10. The van der Waals surface area contributed by atoms with E-state index in [4.69, 9.17) is 11.6 Å². The summed E-state index contributed by atoms with van der Waals surface area (Å²) >= 11 is 9.34. The van der Waals surface area contributed by atoms with E-state index in [0.29, 0.717) is 6.04 Å². The highest BCUT2D eigenvalue weighted by atomic mass is 79.9. The summed E-state index contributed by atoms with van der Waals surface area (Å²) in [7, 11) is 0. The molecule has 2 rings (SSSR count). The monoisotopic (exact) mass is 352 g/mol. The van der Waals surface area contributed by atoms with Crippen molar-refractivity contribution in [3.05, 3.63) is 63.3 Å². The molecule has 0 fully saturated rings. The van der Waals surface area contributed by atoms with Crippen LogP contribution >= 0.6 is 27.5 Å². The summed E-state index contributed by atoms with van der Waals surface area (Å²) in [5.41, 5.74) is 2.39. The van der Waals surface area contributed by atoms with Gasteiger partial charge in [-0.3, -0.25) is 4.98 Å². The molecule has 1 aromatic carbocycles. The first-order valence-corrected chi connectivity index (χ1v) is 7.92. The van der Waals surface area contributed by atoms with Gasteiger partial charge in [0.25, 0.3) is 0 Å². The van der Waals surface area contributed by atoms with E-state index in [1.54, 1.807) is 0 Å². The van der Waals surface area contributed by atoms with Crippen molar-refractivity contribution < 1.29 is 0 Å². The topological polar surface area (TPSA) is 24.9 Å². The second-order valence-corrected chi connectivity index (χ2v) is 6.11. The molecule has 106 valence electrons. The van der Waals surface area contributed by atoms with Gasteiger partial charge in [0.05, 0.1) is 0 Å². The van der Waals surface area contributed by atoms with Crippen molar-refractivity contribution in [2.24, 2.45) is 0 Å². The molecule has 1 unspecified atom stereocenters. The fourth-order valence-electron chi connectivity index (χ4n) is 2.19. The van der Waals surface area contributed by atoms with Gasteiger partial charge < -0.3 is 5.32 Å². The predicted octanol–water partition coefficient (Wildman–Crippen LogP) is 4.26. The molecule has 0 aliphatic heterocycles. The number of nitrogens with zero attached hydrogens (tertiary/aromatic N) is 1. The summed E-state index contributed by atoms with van der Waals surface area (Å²) in [5.74, 6) is 0. The van der Waals surface area contributed by atoms with Gasteiger partial charge in [-0.2, -0.15) is 0 Å². The van der Waals surface area contributed by atoms with Crippen LogP contribution < -0.4 is 5.32 Å². The van der Waals surface area contributed by atoms with Crippen LogP contribution in [0.5, 0.6) is 0 Å². The van der Waals surface area contributed by atoms with E-state index in [1.165, 1.54) is 5.56 Å². The van der Waals surface area contributed by atoms with Gasteiger partial charge in [-0.05, 0) is 58.7 Å². The third kappa shape index (κ3) is 4.89. The van der Waals surface area contributed by atoms with Crippen molar-refractivity contribution in [1.82, 2.24) is 10.3 Å². The fourth-order valence-corrected chi connectivity index (χ4v) is 2.55. The normalized spacial score (nSPS) is 12.3. The Labute approximate surface area is 133 Å². The van der Waals surface area contributed by atoms with Crippen molar-refractivity contribution in [2.45, 2.75) is 25.8 Å². The van der Waals surface area contributed by atoms with E-state index < -0.39 is 0 Å². The molecule has 20 heavy (non-hydrogen) atoms. The van der Waals surface area contributed by atoms with Crippen molar-refractivity contribution in [2.75, 3.05) is 6.54 Å². The Morgan fingerprint density at radius 2 is 1.90 bits per heavy atom. The van der Waals surface area contributed by atoms with E-state index in [9.17, 15) is 0 Å². The number of benzene rings is 1. The second-order valence-electron chi connectivity index (χ2n) is 4.76.